The van der Waals surface area contributed by atoms with Gasteiger partial charge >= 0.3 is 5.97 Å². The highest BCUT2D eigenvalue weighted by Crippen LogP contribution is 2.37. The highest BCUT2D eigenvalue weighted by molar-refractivity contribution is 5.75. The van der Waals surface area contributed by atoms with E-state index in [0.717, 1.165) is 45.3 Å². The smallest absolute Gasteiger partial charge is 0.310 e. The van der Waals surface area contributed by atoms with Gasteiger partial charge < -0.3 is 10.0 Å². The third kappa shape index (κ3) is 3.42. The van der Waals surface area contributed by atoms with Gasteiger partial charge in [-0.15, -0.1) is 0 Å². The average Bonchev–Trinajstić information content (AvgIpc) is 3.07. The van der Waals surface area contributed by atoms with Gasteiger partial charge in [-0.1, -0.05) is 25.7 Å². The Morgan fingerprint density at radius 2 is 1.67 bits per heavy atom. The Hall–Kier alpha value is -0.610. The third-order valence-electron chi connectivity index (χ3n) is 5.95. The standard InChI is InChI=1S/C17H30N2O2/c20-16(21)17(8-3-1-2-4-9-17)14-18-12-7-15(13-18)19-10-5-6-11-19/h15H,1-14H2,(H,20,21). The van der Waals surface area contributed by atoms with Crippen LogP contribution in [0.4, 0.5) is 0 Å². The van der Waals surface area contributed by atoms with E-state index in [1.165, 1.54) is 45.2 Å². The van der Waals surface area contributed by atoms with Crippen molar-refractivity contribution in [1.29, 1.82) is 0 Å². The second kappa shape index (κ2) is 6.66. The molecular formula is C17H30N2O2. The third-order valence-corrected chi connectivity index (χ3v) is 5.95. The van der Waals surface area contributed by atoms with Crippen molar-refractivity contribution in [3.05, 3.63) is 0 Å². The molecule has 1 atom stereocenters. The minimum Gasteiger partial charge on any atom is -0.481 e. The first kappa shape index (κ1) is 15.3. The number of hydrogen-bond acceptors (Lipinski definition) is 3. The van der Waals surface area contributed by atoms with Crippen molar-refractivity contribution in [2.24, 2.45) is 5.41 Å². The van der Waals surface area contributed by atoms with Gasteiger partial charge in [0.05, 0.1) is 5.41 Å². The van der Waals surface area contributed by atoms with E-state index < -0.39 is 11.4 Å². The maximum Gasteiger partial charge on any atom is 0.310 e. The average molecular weight is 294 g/mol. The van der Waals surface area contributed by atoms with E-state index in [0.29, 0.717) is 6.04 Å². The van der Waals surface area contributed by atoms with Crippen molar-refractivity contribution in [1.82, 2.24) is 9.80 Å². The van der Waals surface area contributed by atoms with Crippen LogP contribution in [0, 0.1) is 5.41 Å². The molecule has 4 nitrogen and oxygen atoms in total. The normalized spacial score (nSPS) is 31.3. The first-order chi connectivity index (χ1) is 10.2. The highest BCUT2D eigenvalue weighted by Gasteiger charge is 2.42. The summed E-state index contributed by atoms with van der Waals surface area (Å²) in [7, 11) is 0. The number of rotatable bonds is 4. The molecule has 2 heterocycles. The molecule has 1 aliphatic carbocycles. The summed E-state index contributed by atoms with van der Waals surface area (Å²) < 4.78 is 0. The second-order valence-electron chi connectivity index (χ2n) is 7.42. The predicted molar refractivity (Wildman–Crippen MR) is 83.4 cm³/mol. The minimum atomic E-state index is -0.547. The summed E-state index contributed by atoms with van der Waals surface area (Å²) in [6.07, 6.45) is 10.3. The summed E-state index contributed by atoms with van der Waals surface area (Å²) in [5.74, 6) is -0.547. The second-order valence-corrected chi connectivity index (χ2v) is 7.42. The molecule has 0 aromatic heterocycles. The van der Waals surface area contributed by atoms with Gasteiger partial charge in [-0.3, -0.25) is 9.69 Å². The molecule has 21 heavy (non-hydrogen) atoms. The monoisotopic (exact) mass is 294 g/mol. The molecule has 4 heteroatoms. The molecule has 3 fully saturated rings. The van der Waals surface area contributed by atoms with E-state index in [1.54, 1.807) is 0 Å². The first-order valence-electron chi connectivity index (χ1n) is 8.89. The summed E-state index contributed by atoms with van der Waals surface area (Å²) in [6, 6.07) is 0.684. The van der Waals surface area contributed by atoms with Crippen LogP contribution in [0.5, 0.6) is 0 Å². The zero-order valence-electron chi connectivity index (χ0n) is 13.2. The molecule has 1 unspecified atom stereocenters. The largest absolute Gasteiger partial charge is 0.481 e. The molecule has 3 rings (SSSR count). The van der Waals surface area contributed by atoms with Crippen LogP contribution in [0.2, 0.25) is 0 Å². The minimum absolute atomic E-state index is 0.462. The Balaban J connectivity index is 1.59. The van der Waals surface area contributed by atoms with Gasteiger partial charge in [-0.25, -0.2) is 0 Å². The zero-order chi connectivity index (χ0) is 14.7. The van der Waals surface area contributed by atoms with Crippen LogP contribution in [-0.4, -0.2) is 59.6 Å². The Kier molecular flexibility index (Phi) is 4.85. The molecule has 3 aliphatic rings. The number of likely N-dealkylation sites (tertiary alicyclic amines) is 2. The van der Waals surface area contributed by atoms with Crippen LogP contribution >= 0.6 is 0 Å². The Morgan fingerprint density at radius 1 is 1.00 bits per heavy atom. The zero-order valence-corrected chi connectivity index (χ0v) is 13.2. The molecule has 0 aromatic rings. The number of carbonyl (C=O) groups is 1. The SMILES string of the molecule is O=C(O)C1(CN2CCC(N3CCCC3)C2)CCCCCC1. The summed E-state index contributed by atoms with van der Waals surface area (Å²) >= 11 is 0. The molecule has 2 aliphatic heterocycles. The summed E-state index contributed by atoms with van der Waals surface area (Å²) in [5.41, 5.74) is -0.462. The molecule has 0 radical (unpaired) electrons. The van der Waals surface area contributed by atoms with Crippen molar-refractivity contribution in [2.45, 2.75) is 63.8 Å². The molecule has 0 aromatic carbocycles. The number of carboxylic acid groups (broad SMARTS) is 1. The highest BCUT2D eigenvalue weighted by atomic mass is 16.4. The van der Waals surface area contributed by atoms with E-state index in [2.05, 4.69) is 9.80 Å². The van der Waals surface area contributed by atoms with Crippen molar-refractivity contribution in [2.75, 3.05) is 32.7 Å². The van der Waals surface area contributed by atoms with Gasteiger partial charge in [0.15, 0.2) is 0 Å². The van der Waals surface area contributed by atoms with E-state index in [4.69, 9.17) is 0 Å². The lowest BCUT2D eigenvalue weighted by Crippen LogP contribution is -2.43. The summed E-state index contributed by atoms with van der Waals surface area (Å²) in [5, 5.41) is 9.81. The van der Waals surface area contributed by atoms with Gasteiger partial charge in [-0.2, -0.15) is 0 Å². The Bertz CT molecular complexity index is 358. The predicted octanol–water partition coefficient (Wildman–Crippen LogP) is 2.58. The molecular weight excluding hydrogens is 264 g/mol. The molecule has 2 saturated heterocycles. The molecule has 0 amide bonds. The van der Waals surface area contributed by atoms with E-state index >= 15 is 0 Å². The Morgan fingerprint density at radius 3 is 2.29 bits per heavy atom. The lowest BCUT2D eigenvalue weighted by molar-refractivity contribution is -0.151. The number of carboxylic acids is 1. The van der Waals surface area contributed by atoms with Gasteiger partial charge in [0.25, 0.3) is 0 Å². The van der Waals surface area contributed by atoms with E-state index in [1.807, 2.05) is 0 Å². The van der Waals surface area contributed by atoms with Crippen molar-refractivity contribution < 1.29 is 9.90 Å². The fourth-order valence-electron chi connectivity index (χ4n) is 4.63. The molecule has 120 valence electrons. The maximum absolute atomic E-state index is 11.9. The van der Waals surface area contributed by atoms with E-state index in [9.17, 15) is 9.90 Å². The van der Waals surface area contributed by atoms with Gasteiger partial charge in [0.1, 0.15) is 0 Å². The topological polar surface area (TPSA) is 43.8 Å². The fraction of sp³-hybridized carbons (Fsp3) is 0.941. The van der Waals surface area contributed by atoms with Crippen LogP contribution in [0.3, 0.4) is 0 Å². The van der Waals surface area contributed by atoms with Crippen LogP contribution in [0.1, 0.15) is 57.8 Å². The van der Waals surface area contributed by atoms with Crippen molar-refractivity contribution in [3.8, 4) is 0 Å². The first-order valence-corrected chi connectivity index (χ1v) is 8.89. The summed E-state index contributed by atoms with van der Waals surface area (Å²) in [4.78, 5) is 17.0. The van der Waals surface area contributed by atoms with Gasteiger partial charge in [0.2, 0.25) is 0 Å². The Labute approximate surface area is 128 Å². The van der Waals surface area contributed by atoms with Crippen molar-refractivity contribution in [3.63, 3.8) is 0 Å². The lowest BCUT2D eigenvalue weighted by Gasteiger charge is -2.33. The number of aliphatic carboxylic acids is 1. The van der Waals surface area contributed by atoms with Gasteiger partial charge in [0, 0.05) is 19.1 Å². The van der Waals surface area contributed by atoms with Crippen LogP contribution in [-0.2, 0) is 4.79 Å². The lowest BCUT2D eigenvalue weighted by atomic mass is 9.80. The van der Waals surface area contributed by atoms with Crippen LogP contribution in [0.15, 0.2) is 0 Å². The molecule has 1 N–H and O–H groups in total. The van der Waals surface area contributed by atoms with Crippen molar-refractivity contribution >= 4 is 5.97 Å². The summed E-state index contributed by atoms with van der Waals surface area (Å²) in [6.45, 7) is 5.48. The van der Waals surface area contributed by atoms with E-state index in [-0.39, 0.29) is 0 Å². The maximum atomic E-state index is 11.9. The molecule has 0 bridgehead atoms. The molecule has 1 saturated carbocycles. The van der Waals surface area contributed by atoms with Crippen LogP contribution in [0.25, 0.3) is 0 Å². The van der Waals surface area contributed by atoms with Gasteiger partial charge in [-0.05, 0) is 51.7 Å². The fourth-order valence-corrected chi connectivity index (χ4v) is 4.63. The quantitative estimate of drug-likeness (QED) is 0.809. The number of hydrogen-bond donors (Lipinski definition) is 1. The number of nitrogens with zero attached hydrogens (tertiary/aromatic N) is 2. The molecule has 0 spiro atoms. The van der Waals surface area contributed by atoms with Crippen LogP contribution < -0.4 is 0 Å².